The van der Waals surface area contributed by atoms with E-state index >= 15 is 0 Å². The average Bonchev–Trinajstić information content (AvgIpc) is 2.52. The molecule has 4 heteroatoms. The molecular weight excluding hydrogens is 264 g/mol. The van der Waals surface area contributed by atoms with Gasteiger partial charge < -0.3 is 0 Å². The Kier molecular flexibility index (Phi) is 4.62. The van der Waals surface area contributed by atoms with E-state index in [-0.39, 0.29) is 5.69 Å². The third-order valence-electron chi connectivity index (χ3n) is 2.84. The number of allylic oxidation sites excluding steroid dienone is 3. The number of nitriles is 1. The third-order valence-corrected chi connectivity index (χ3v) is 2.84. The predicted molar refractivity (Wildman–Crippen MR) is 82.2 cm³/mol. The smallest absolute Gasteiger partial charge is 0.258 e. The summed E-state index contributed by atoms with van der Waals surface area (Å²) in [5, 5.41) is 19.9. The lowest BCUT2D eigenvalue weighted by Gasteiger charge is -1.98. The molecule has 4 nitrogen and oxygen atoms in total. The van der Waals surface area contributed by atoms with Crippen molar-refractivity contribution >= 4 is 17.3 Å². The van der Waals surface area contributed by atoms with Gasteiger partial charge >= 0.3 is 0 Å². The summed E-state index contributed by atoms with van der Waals surface area (Å²) in [4.78, 5) is 10.3. The second-order valence-corrected chi connectivity index (χ2v) is 4.27. The molecule has 0 amide bonds. The third kappa shape index (κ3) is 3.88. The van der Waals surface area contributed by atoms with Crippen LogP contribution in [-0.4, -0.2) is 4.92 Å². The van der Waals surface area contributed by atoms with Gasteiger partial charge in [-0.15, -0.1) is 0 Å². The minimum Gasteiger partial charge on any atom is -0.258 e. The maximum absolute atomic E-state index is 10.8. The van der Waals surface area contributed by atoms with Crippen molar-refractivity contribution in [3.05, 3.63) is 88.0 Å². The first-order valence-corrected chi connectivity index (χ1v) is 6.29. The Labute approximate surface area is 122 Å². The minimum absolute atomic E-state index is 0.0271. The molecule has 0 bridgehead atoms. The van der Waals surface area contributed by atoms with E-state index in [4.69, 9.17) is 0 Å². The van der Waals surface area contributed by atoms with Crippen molar-refractivity contribution in [2.75, 3.05) is 0 Å². The van der Waals surface area contributed by atoms with Crippen LogP contribution in [-0.2, 0) is 0 Å². The SMILES string of the molecule is N#C/C(=C/C=C/c1ccccc1)c1cccc([N+](=O)[O-])c1. The number of nitrogens with zero attached hydrogens (tertiary/aromatic N) is 2. The fraction of sp³-hybridized carbons (Fsp3) is 0. The largest absolute Gasteiger partial charge is 0.270 e. The zero-order valence-electron chi connectivity index (χ0n) is 11.1. The summed E-state index contributed by atoms with van der Waals surface area (Å²) in [7, 11) is 0. The molecule has 0 spiro atoms. The Morgan fingerprint density at radius 3 is 2.57 bits per heavy atom. The van der Waals surface area contributed by atoms with Crippen molar-refractivity contribution in [1.82, 2.24) is 0 Å². The number of rotatable bonds is 4. The van der Waals surface area contributed by atoms with Gasteiger partial charge in [-0.3, -0.25) is 10.1 Å². The fourth-order valence-corrected chi connectivity index (χ4v) is 1.80. The summed E-state index contributed by atoms with van der Waals surface area (Å²) in [6.07, 6.45) is 5.27. The van der Waals surface area contributed by atoms with Crippen molar-refractivity contribution in [2.45, 2.75) is 0 Å². The van der Waals surface area contributed by atoms with Crippen LogP contribution in [0.5, 0.6) is 0 Å². The molecule has 0 aliphatic heterocycles. The lowest BCUT2D eigenvalue weighted by molar-refractivity contribution is -0.384. The fourth-order valence-electron chi connectivity index (χ4n) is 1.80. The van der Waals surface area contributed by atoms with Gasteiger partial charge in [-0.2, -0.15) is 5.26 Å². The summed E-state index contributed by atoms with van der Waals surface area (Å²) >= 11 is 0. The molecule has 21 heavy (non-hydrogen) atoms. The van der Waals surface area contributed by atoms with Crippen LogP contribution in [0.3, 0.4) is 0 Å². The van der Waals surface area contributed by atoms with E-state index in [1.54, 1.807) is 24.3 Å². The first-order valence-electron chi connectivity index (χ1n) is 6.29. The van der Waals surface area contributed by atoms with Crippen molar-refractivity contribution in [1.29, 1.82) is 5.26 Å². The highest BCUT2D eigenvalue weighted by molar-refractivity contribution is 5.79. The molecule has 102 valence electrons. The van der Waals surface area contributed by atoms with E-state index in [2.05, 4.69) is 6.07 Å². The van der Waals surface area contributed by atoms with Crippen LogP contribution in [0.15, 0.2) is 66.7 Å². The highest BCUT2D eigenvalue weighted by atomic mass is 16.6. The van der Waals surface area contributed by atoms with Gasteiger partial charge in [-0.05, 0) is 17.2 Å². The van der Waals surface area contributed by atoms with E-state index in [1.165, 1.54) is 12.1 Å². The topological polar surface area (TPSA) is 66.9 Å². The van der Waals surface area contributed by atoms with Gasteiger partial charge in [0.05, 0.1) is 16.6 Å². The Morgan fingerprint density at radius 2 is 1.90 bits per heavy atom. The van der Waals surface area contributed by atoms with E-state index < -0.39 is 4.92 Å². The number of nitro groups is 1. The highest BCUT2D eigenvalue weighted by Crippen LogP contribution is 2.20. The second-order valence-electron chi connectivity index (χ2n) is 4.27. The first-order chi connectivity index (χ1) is 10.2. The number of hydrogen-bond acceptors (Lipinski definition) is 3. The number of hydrogen-bond donors (Lipinski definition) is 0. The Morgan fingerprint density at radius 1 is 1.14 bits per heavy atom. The van der Waals surface area contributed by atoms with E-state index in [1.807, 2.05) is 36.4 Å². The molecule has 0 fully saturated rings. The maximum Gasteiger partial charge on any atom is 0.270 e. The molecule has 0 aliphatic carbocycles. The van der Waals surface area contributed by atoms with Crippen LogP contribution in [0.25, 0.3) is 11.6 Å². The summed E-state index contributed by atoms with van der Waals surface area (Å²) in [6, 6.07) is 17.8. The van der Waals surface area contributed by atoms with E-state index in [0.717, 1.165) is 5.56 Å². The monoisotopic (exact) mass is 276 g/mol. The van der Waals surface area contributed by atoms with Crippen molar-refractivity contribution < 1.29 is 4.92 Å². The van der Waals surface area contributed by atoms with Gasteiger partial charge in [0, 0.05) is 12.1 Å². The van der Waals surface area contributed by atoms with Gasteiger partial charge in [0.2, 0.25) is 0 Å². The van der Waals surface area contributed by atoms with E-state index in [9.17, 15) is 15.4 Å². The summed E-state index contributed by atoms with van der Waals surface area (Å²) in [5.41, 5.74) is 1.90. The van der Waals surface area contributed by atoms with Gasteiger partial charge in [-0.25, -0.2) is 0 Å². The van der Waals surface area contributed by atoms with Crippen LogP contribution < -0.4 is 0 Å². The Bertz CT molecular complexity index is 741. The summed E-state index contributed by atoms with van der Waals surface area (Å²) in [6.45, 7) is 0. The van der Waals surface area contributed by atoms with Gasteiger partial charge in [0.25, 0.3) is 5.69 Å². The Hall–Kier alpha value is -3.19. The molecule has 0 saturated carbocycles. The molecule has 0 heterocycles. The zero-order chi connectivity index (χ0) is 15.1. The lowest BCUT2D eigenvalue weighted by Crippen LogP contribution is -1.89. The van der Waals surface area contributed by atoms with Crippen molar-refractivity contribution in [3.63, 3.8) is 0 Å². The highest BCUT2D eigenvalue weighted by Gasteiger charge is 2.07. The first kappa shape index (κ1) is 14.2. The molecule has 2 aromatic carbocycles. The van der Waals surface area contributed by atoms with Crippen LogP contribution in [0.1, 0.15) is 11.1 Å². The Balaban J connectivity index is 2.26. The molecule has 0 N–H and O–H groups in total. The molecule has 0 aromatic heterocycles. The van der Waals surface area contributed by atoms with Gasteiger partial charge in [-0.1, -0.05) is 54.6 Å². The van der Waals surface area contributed by atoms with Crippen molar-refractivity contribution in [3.8, 4) is 6.07 Å². The second kappa shape index (κ2) is 6.83. The molecular formula is C17H12N2O2. The zero-order valence-corrected chi connectivity index (χ0v) is 11.1. The van der Waals surface area contributed by atoms with Gasteiger partial charge in [0.15, 0.2) is 0 Å². The molecule has 0 radical (unpaired) electrons. The van der Waals surface area contributed by atoms with E-state index in [0.29, 0.717) is 11.1 Å². The molecule has 2 rings (SSSR count). The molecule has 2 aromatic rings. The minimum atomic E-state index is -0.474. The normalized spacial score (nSPS) is 11.3. The summed E-state index contributed by atoms with van der Waals surface area (Å²) < 4.78 is 0. The molecule has 0 aliphatic rings. The number of benzene rings is 2. The van der Waals surface area contributed by atoms with Crippen LogP contribution in [0, 0.1) is 21.4 Å². The lowest BCUT2D eigenvalue weighted by atomic mass is 10.1. The quantitative estimate of drug-likeness (QED) is 0.363. The maximum atomic E-state index is 10.8. The van der Waals surface area contributed by atoms with Crippen LogP contribution in [0.2, 0.25) is 0 Å². The average molecular weight is 276 g/mol. The number of nitro benzene ring substituents is 1. The predicted octanol–water partition coefficient (Wildman–Crippen LogP) is 4.22. The molecule has 0 saturated heterocycles. The number of non-ortho nitro benzene ring substituents is 1. The molecule has 0 atom stereocenters. The van der Waals surface area contributed by atoms with Crippen LogP contribution >= 0.6 is 0 Å². The van der Waals surface area contributed by atoms with Crippen LogP contribution in [0.4, 0.5) is 5.69 Å². The van der Waals surface area contributed by atoms with Gasteiger partial charge in [0.1, 0.15) is 0 Å². The summed E-state index contributed by atoms with van der Waals surface area (Å²) in [5.74, 6) is 0. The standard InChI is InChI=1S/C17H12N2O2/c18-13-16(10-4-8-14-6-2-1-3-7-14)15-9-5-11-17(12-15)19(20)21/h1-12H/b8-4+,16-10-. The van der Waals surface area contributed by atoms with Crippen molar-refractivity contribution in [2.24, 2.45) is 0 Å². The molecule has 0 unspecified atom stereocenters.